The van der Waals surface area contributed by atoms with Crippen LogP contribution in [0.15, 0.2) is 84.9 Å². The lowest BCUT2D eigenvalue weighted by atomic mass is 10.0. The van der Waals surface area contributed by atoms with Crippen LogP contribution in [0.2, 0.25) is 0 Å². The third-order valence-corrected chi connectivity index (χ3v) is 8.68. The summed E-state index contributed by atoms with van der Waals surface area (Å²) in [5.41, 5.74) is -1.94. The van der Waals surface area contributed by atoms with E-state index in [4.69, 9.17) is 13.8 Å². The highest BCUT2D eigenvalue weighted by molar-refractivity contribution is 7.54. The second-order valence-electron chi connectivity index (χ2n) is 9.77. The molecule has 0 saturated carbocycles. The molecule has 0 spiro atoms. The largest absolute Gasteiger partial charge is 0.445 e. The summed E-state index contributed by atoms with van der Waals surface area (Å²) in [7, 11) is -4.76. The van der Waals surface area contributed by atoms with Gasteiger partial charge in [0.2, 0.25) is 5.91 Å². The number of aryl methyl sites for hydroxylation is 1. The molecule has 8 nitrogen and oxygen atoms in total. The summed E-state index contributed by atoms with van der Waals surface area (Å²) >= 11 is 0. The predicted octanol–water partition coefficient (Wildman–Crippen LogP) is 6.98. The Kier molecular flexibility index (Phi) is 13.3. The molecule has 0 aliphatic rings. The average molecular weight is 617 g/mol. The number of rotatable bonds is 17. The summed E-state index contributed by atoms with van der Waals surface area (Å²) in [6, 6.07) is 23.1. The number of hydrogen-bond acceptors (Lipinski definition) is 6. The summed E-state index contributed by atoms with van der Waals surface area (Å²) < 4.78 is 58.1. The minimum absolute atomic E-state index is 0.0106. The third kappa shape index (κ3) is 10.3. The maximum Gasteiger partial charge on any atom is 0.408 e. The van der Waals surface area contributed by atoms with Crippen molar-refractivity contribution in [1.29, 1.82) is 0 Å². The molecule has 0 aliphatic heterocycles. The maximum absolute atomic E-state index is 15.2. The fraction of sp³-hybridized carbons (Fsp3) is 0.375. The van der Waals surface area contributed by atoms with Crippen molar-refractivity contribution < 1.29 is 36.7 Å². The van der Waals surface area contributed by atoms with Gasteiger partial charge in [0.05, 0.1) is 13.2 Å². The van der Waals surface area contributed by atoms with Crippen molar-refractivity contribution in [2.75, 3.05) is 19.8 Å². The number of ether oxygens (including phenoxy) is 1. The van der Waals surface area contributed by atoms with Crippen LogP contribution in [-0.2, 0) is 48.3 Å². The molecule has 0 radical (unpaired) electrons. The Bertz CT molecular complexity index is 1320. The van der Waals surface area contributed by atoms with Crippen LogP contribution in [0.25, 0.3) is 0 Å². The van der Waals surface area contributed by atoms with Crippen LogP contribution < -0.4 is 10.6 Å². The Balaban J connectivity index is 1.66. The standard InChI is InChI=1S/C32H39F2N2O6P/c1-3-41-43(39,42-4-2)32(33,34)28-20-18-26(19-21-28)23-29(36-31(38)40-24-27-16-9-6-10-17-27)30(37)35-22-12-11-15-25-13-7-5-8-14-25/h5-10,13-14,16-21,29H,3-4,11-12,15,22-24H2,1-2H3,(H,35,37)(H,36,38)/t29-/m0/s1. The van der Waals surface area contributed by atoms with Gasteiger partial charge in [-0.1, -0.05) is 84.9 Å². The Labute approximate surface area is 251 Å². The summed E-state index contributed by atoms with van der Waals surface area (Å²) in [5.74, 6) is -0.428. The van der Waals surface area contributed by atoms with Gasteiger partial charge in [0.1, 0.15) is 12.6 Å². The molecule has 11 heteroatoms. The van der Waals surface area contributed by atoms with Gasteiger partial charge >= 0.3 is 19.4 Å². The summed E-state index contributed by atoms with van der Waals surface area (Å²) in [4.78, 5) is 25.7. The predicted molar refractivity (Wildman–Crippen MR) is 161 cm³/mol. The fourth-order valence-corrected chi connectivity index (χ4v) is 5.87. The van der Waals surface area contributed by atoms with E-state index in [-0.39, 0.29) is 26.2 Å². The van der Waals surface area contributed by atoms with Gasteiger partial charge < -0.3 is 24.4 Å². The molecule has 3 aromatic rings. The number of carbonyl (C=O) groups excluding carboxylic acids is 2. The van der Waals surface area contributed by atoms with Crippen molar-refractivity contribution in [1.82, 2.24) is 10.6 Å². The molecule has 2 N–H and O–H groups in total. The van der Waals surface area contributed by atoms with Crippen LogP contribution in [0.5, 0.6) is 0 Å². The van der Waals surface area contributed by atoms with Crippen LogP contribution in [0.3, 0.4) is 0 Å². The summed E-state index contributed by atoms with van der Waals surface area (Å²) in [6.07, 6.45) is 1.70. The number of hydrogen-bond donors (Lipinski definition) is 2. The molecular weight excluding hydrogens is 577 g/mol. The van der Waals surface area contributed by atoms with Gasteiger partial charge in [-0.15, -0.1) is 0 Å². The van der Waals surface area contributed by atoms with Crippen molar-refractivity contribution >= 4 is 19.6 Å². The van der Waals surface area contributed by atoms with E-state index in [1.807, 2.05) is 48.5 Å². The number of unbranched alkanes of at least 4 members (excludes halogenated alkanes) is 1. The first-order chi connectivity index (χ1) is 20.7. The third-order valence-electron chi connectivity index (χ3n) is 6.54. The number of nitrogens with one attached hydrogen (secondary N) is 2. The number of alkyl halides is 2. The van der Waals surface area contributed by atoms with Crippen LogP contribution >= 0.6 is 7.60 Å². The second-order valence-corrected chi connectivity index (χ2v) is 11.8. The molecular formula is C32H39F2N2O6P. The van der Waals surface area contributed by atoms with Crippen LogP contribution in [0, 0.1) is 0 Å². The first-order valence-electron chi connectivity index (χ1n) is 14.3. The molecule has 1 atom stereocenters. The number of amides is 2. The highest BCUT2D eigenvalue weighted by Crippen LogP contribution is 2.66. The Morgan fingerprint density at radius 3 is 1.98 bits per heavy atom. The Morgan fingerprint density at radius 2 is 1.40 bits per heavy atom. The molecule has 0 aliphatic carbocycles. The number of benzene rings is 3. The van der Waals surface area contributed by atoms with Crippen LogP contribution in [-0.4, -0.2) is 37.8 Å². The van der Waals surface area contributed by atoms with E-state index in [0.717, 1.165) is 37.0 Å². The summed E-state index contributed by atoms with van der Waals surface area (Å²) in [5, 5.41) is 5.45. The van der Waals surface area contributed by atoms with Crippen molar-refractivity contribution in [3.8, 4) is 0 Å². The first-order valence-corrected chi connectivity index (χ1v) is 15.9. The highest BCUT2D eigenvalue weighted by atomic mass is 31.2. The van der Waals surface area contributed by atoms with Gasteiger partial charge in [-0.05, 0) is 49.8 Å². The van der Waals surface area contributed by atoms with Gasteiger partial charge in [0.15, 0.2) is 0 Å². The lowest BCUT2D eigenvalue weighted by Gasteiger charge is -2.26. The van der Waals surface area contributed by atoms with Gasteiger partial charge in [0, 0.05) is 18.5 Å². The zero-order valence-electron chi connectivity index (χ0n) is 24.5. The maximum atomic E-state index is 15.2. The molecule has 2 amide bonds. The SMILES string of the molecule is CCOP(=O)(OCC)C(F)(F)c1ccc(C[C@H](NC(=O)OCc2ccccc2)C(=O)NCCCCc2ccccc2)cc1. The van der Waals surface area contributed by atoms with Gasteiger partial charge in [-0.2, -0.15) is 8.78 Å². The van der Waals surface area contributed by atoms with E-state index in [0.29, 0.717) is 12.1 Å². The Morgan fingerprint density at radius 1 is 0.814 bits per heavy atom. The molecule has 3 rings (SSSR count). The van der Waals surface area contributed by atoms with Crippen LogP contribution in [0.1, 0.15) is 48.9 Å². The van der Waals surface area contributed by atoms with Crippen molar-refractivity contribution in [3.63, 3.8) is 0 Å². The molecule has 0 heterocycles. The van der Waals surface area contributed by atoms with E-state index in [1.165, 1.54) is 31.5 Å². The first kappa shape index (κ1) is 33.9. The van der Waals surface area contributed by atoms with Crippen molar-refractivity contribution in [2.45, 2.75) is 57.8 Å². The lowest BCUT2D eigenvalue weighted by molar-refractivity contribution is -0.123. The Hall–Kier alpha value is -3.59. The second kappa shape index (κ2) is 16.9. The minimum atomic E-state index is -4.76. The molecule has 0 bridgehead atoms. The number of carbonyl (C=O) groups is 2. The van der Waals surface area contributed by atoms with E-state index in [9.17, 15) is 14.2 Å². The van der Waals surface area contributed by atoms with E-state index in [1.54, 1.807) is 12.1 Å². The minimum Gasteiger partial charge on any atom is -0.445 e. The molecule has 0 fully saturated rings. The fourth-order valence-electron chi connectivity index (χ4n) is 4.32. The normalized spacial score (nSPS) is 12.4. The van der Waals surface area contributed by atoms with Gasteiger partial charge in [-0.3, -0.25) is 9.36 Å². The zero-order valence-corrected chi connectivity index (χ0v) is 25.4. The average Bonchev–Trinajstić information content (AvgIpc) is 3.01. The number of alkyl carbamates (subject to hydrolysis) is 1. The van der Waals surface area contributed by atoms with Crippen LogP contribution in [0.4, 0.5) is 13.6 Å². The zero-order chi connectivity index (χ0) is 31.1. The molecule has 0 unspecified atom stereocenters. The van der Waals surface area contributed by atoms with Gasteiger partial charge in [0.25, 0.3) is 0 Å². The molecule has 0 aromatic heterocycles. The molecule has 3 aromatic carbocycles. The highest BCUT2D eigenvalue weighted by Gasteiger charge is 2.54. The summed E-state index contributed by atoms with van der Waals surface area (Å²) in [6.45, 7) is 2.91. The van der Waals surface area contributed by atoms with E-state index in [2.05, 4.69) is 10.6 Å². The molecule has 43 heavy (non-hydrogen) atoms. The number of halogens is 2. The van der Waals surface area contributed by atoms with Crippen molar-refractivity contribution in [2.24, 2.45) is 0 Å². The lowest BCUT2D eigenvalue weighted by Crippen LogP contribution is -2.48. The quantitative estimate of drug-likeness (QED) is 0.125. The smallest absolute Gasteiger partial charge is 0.408 e. The van der Waals surface area contributed by atoms with E-state index >= 15 is 8.78 Å². The van der Waals surface area contributed by atoms with Crippen molar-refractivity contribution in [3.05, 3.63) is 107 Å². The van der Waals surface area contributed by atoms with Gasteiger partial charge in [-0.25, -0.2) is 4.79 Å². The topological polar surface area (TPSA) is 103 Å². The monoisotopic (exact) mass is 616 g/mol. The van der Waals surface area contributed by atoms with E-state index < -0.39 is 36.9 Å². The molecule has 0 saturated heterocycles. The molecule has 232 valence electrons.